The number of aliphatic carboxylic acids is 1. The first kappa shape index (κ1) is 52.1. The van der Waals surface area contributed by atoms with Crippen LogP contribution in [0.4, 0.5) is 17.1 Å². The van der Waals surface area contributed by atoms with Crippen molar-refractivity contribution in [1.29, 1.82) is 10.5 Å². The molecule has 2 heterocycles. The van der Waals surface area contributed by atoms with Gasteiger partial charge in [0, 0.05) is 42.6 Å². The zero-order valence-electron chi connectivity index (χ0n) is 41.9. The van der Waals surface area contributed by atoms with Crippen LogP contribution >= 0.6 is 22.7 Å². The van der Waals surface area contributed by atoms with E-state index in [0.29, 0.717) is 4.88 Å². The molecule has 2 aromatic heterocycles. The highest BCUT2D eigenvalue weighted by atomic mass is 32.1. The minimum atomic E-state index is -1.24. The van der Waals surface area contributed by atoms with Crippen LogP contribution in [0.15, 0.2) is 205 Å². The van der Waals surface area contributed by atoms with Crippen molar-refractivity contribution >= 4 is 93.8 Å². The molecule has 0 amide bonds. The van der Waals surface area contributed by atoms with E-state index in [2.05, 4.69) is 157 Å². The molecule has 77 heavy (non-hydrogen) atoms. The second-order valence-electron chi connectivity index (χ2n) is 17.3. The van der Waals surface area contributed by atoms with Crippen LogP contribution in [0.25, 0.3) is 69.0 Å². The molecule has 0 bridgehead atoms. The molecular weight excluding hydrogens is 995 g/mol. The summed E-state index contributed by atoms with van der Waals surface area (Å²) in [5.74, 6) is 0.401. The number of thiophene rings is 2. The fraction of sp³-hybridized carbons (Fsp3) is 0.0455. The molecule has 11 heteroatoms. The number of aliphatic hydroxyl groups is 1. The van der Waals surface area contributed by atoms with Gasteiger partial charge in [0.1, 0.15) is 29.2 Å². The Hall–Kier alpha value is -9.75. The second kappa shape index (κ2) is 25.0. The van der Waals surface area contributed by atoms with E-state index in [1.807, 2.05) is 78.9 Å². The van der Waals surface area contributed by atoms with Gasteiger partial charge in [-0.3, -0.25) is 0 Å². The van der Waals surface area contributed by atoms with Gasteiger partial charge in [-0.15, -0.1) is 22.7 Å². The van der Waals surface area contributed by atoms with Crippen molar-refractivity contribution in [3.05, 3.63) is 254 Å². The van der Waals surface area contributed by atoms with Crippen LogP contribution in [-0.4, -0.2) is 37.2 Å². The Balaban J connectivity index is 0.966. The maximum atomic E-state index is 11.3. The van der Waals surface area contributed by atoms with Crippen LogP contribution in [0, 0.1) is 22.7 Å². The summed E-state index contributed by atoms with van der Waals surface area (Å²) in [4.78, 5) is 17.2. The van der Waals surface area contributed by atoms with E-state index in [1.54, 1.807) is 26.4 Å². The molecule has 9 rings (SSSR count). The van der Waals surface area contributed by atoms with Crippen LogP contribution < -0.4 is 14.4 Å². The van der Waals surface area contributed by atoms with Gasteiger partial charge in [-0.25, -0.2) is 4.79 Å². The first-order valence-corrected chi connectivity index (χ1v) is 25.9. The van der Waals surface area contributed by atoms with Crippen molar-refractivity contribution < 1.29 is 29.2 Å². The minimum absolute atomic E-state index is 0.0619. The summed E-state index contributed by atoms with van der Waals surface area (Å²) in [6.45, 7) is -0.550. The number of carboxylic acid groups (broad SMARTS) is 1. The molecule has 0 aliphatic carbocycles. The lowest BCUT2D eigenvalue weighted by Crippen LogP contribution is -2.09. The third-order valence-electron chi connectivity index (χ3n) is 12.4. The fourth-order valence-corrected chi connectivity index (χ4v) is 10.2. The van der Waals surface area contributed by atoms with E-state index >= 15 is 0 Å². The summed E-state index contributed by atoms with van der Waals surface area (Å²) in [6.07, 6.45) is 13.6. The van der Waals surface area contributed by atoms with E-state index in [4.69, 9.17) is 24.6 Å². The van der Waals surface area contributed by atoms with E-state index in [-0.39, 0.29) is 11.3 Å². The molecule has 9 aromatic rings. The van der Waals surface area contributed by atoms with Gasteiger partial charge in [-0.05, 0) is 153 Å². The molecule has 0 unspecified atom stereocenters. The average Bonchev–Trinajstić information content (AvgIpc) is 4.16. The number of ether oxygens (including phenoxy) is 3. The third kappa shape index (κ3) is 13.3. The van der Waals surface area contributed by atoms with Gasteiger partial charge in [-0.2, -0.15) is 10.5 Å². The fourth-order valence-electron chi connectivity index (χ4n) is 8.34. The molecule has 7 aromatic carbocycles. The van der Waals surface area contributed by atoms with Crippen LogP contribution in [0.2, 0.25) is 0 Å². The largest absolute Gasteiger partial charge is 0.497 e. The monoisotopic (exact) mass is 1040 g/mol. The molecule has 0 atom stereocenters. The number of rotatable bonds is 19. The SMILES string of the molecule is COc1ccc(C(=Cc2ccc(N(c3ccc(C=Cc4ccc(-c5ccc(C=C(C#N)OCO)s5)cc4)cc3)c3ccc(C=Cc4ccc(-c5ccc(C=C(C#N)C(=O)O)s5)cc4)cc3)cc2)c2ccc(OC)cc2)cc1. The lowest BCUT2D eigenvalue weighted by atomic mass is 9.95. The van der Waals surface area contributed by atoms with Crippen molar-refractivity contribution in [3.63, 3.8) is 0 Å². The number of hydrogen-bond donors (Lipinski definition) is 2. The van der Waals surface area contributed by atoms with E-state index in [1.165, 1.54) is 28.7 Å². The third-order valence-corrected chi connectivity index (χ3v) is 14.6. The Morgan fingerprint density at radius 3 is 1.25 bits per heavy atom. The van der Waals surface area contributed by atoms with Crippen molar-refractivity contribution in [3.8, 4) is 44.5 Å². The van der Waals surface area contributed by atoms with Crippen molar-refractivity contribution in [1.82, 2.24) is 0 Å². The number of carbonyl (C=O) groups is 1. The van der Waals surface area contributed by atoms with Gasteiger partial charge in [-0.1, -0.05) is 133 Å². The lowest BCUT2D eigenvalue weighted by Gasteiger charge is -2.26. The standard InChI is InChI=1S/C66H49N3O6S2/c1-73-58-31-21-50(22-32-58)63(51-23-33-59(74-2)34-24-51)39-49-15-29-57(30-16-49)69(55-25-11-47(12-26-55)5-3-45-7-17-52(18-8-45)64-37-35-61(76-64)40-54(42-67)66(71)72)56-27-13-48(14-28-56)6-4-46-9-19-53(20-10-46)65-38-36-62(77-65)41-60(43-68)75-44-70/h3-41,70H,44H2,1-2H3,(H,71,72). The predicted molar refractivity (Wildman–Crippen MR) is 314 cm³/mol. The summed E-state index contributed by atoms with van der Waals surface area (Å²) < 4.78 is 15.9. The number of aliphatic hydroxyl groups excluding tert-OH is 1. The average molecular weight is 1040 g/mol. The Labute approximate surface area is 455 Å². The van der Waals surface area contributed by atoms with Gasteiger partial charge in [0.2, 0.25) is 5.76 Å². The number of hydrogen-bond acceptors (Lipinski definition) is 10. The molecule has 0 spiro atoms. The first-order chi connectivity index (χ1) is 37.7. The second-order valence-corrected chi connectivity index (χ2v) is 19.5. The van der Waals surface area contributed by atoms with Crippen LogP contribution in [0.1, 0.15) is 48.7 Å². The quantitative estimate of drug-likeness (QED) is 0.0267. The van der Waals surface area contributed by atoms with E-state index < -0.39 is 12.8 Å². The van der Waals surface area contributed by atoms with E-state index in [9.17, 15) is 15.2 Å². The molecule has 0 radical (unpaired) electrons. The smallest absolute Gasteiger partial charge is 0.346 e. The molecule has 2 N–H and O–H groups in total. The number of methoxy groups -OCH3 is 2. The maximum Gasteiger partial charge on any atom is 0.346 e. The van der Waals surface area contributed by atoms with Gasteiger partial charge < -0.3 is 29.3 Å². The Bertz CT molecular complexity index is 3670. The van der Waals surface area contributed by atoms with Crippen LogP contribution in [0.5, 0.6) is 11.5 Å². The van der Waals surface area contributed by atoms with Crippen LogP contribution in [0.3, 0.4) is 0 Å². The number of allylic oxidation sites excluding steroid dienone is 1. The molecule has 376 valence electrons. The zero-order chi connectivity index (χ0) is 53.5. The van der Waals surface area contributed by atoms with Crippen molar-refractivity contribution in [2.45, 2.75) is 0 Å². The van der Waals surface area contributed by atoms with Gasteiger partial charge in [0.15, 0.2) is 6.79 Å². The molecular formula is C66H49N3O6S2. The highest BCUT2D eigenvalue weighted by molar-refractivity contribution is 7.16. The Morgan fingerprint density at radius 2 is 0.883 bits per heavy atom. The Morgan fingerprint density at radius 1 is 0.494 bits per heavy atom. The number of benzene rings is 7. The summed E-state index contributed by atoms with van der Waals surface area (Å²) in [5, 5.41) is 36.7. The van der Waals surface area contributed by atoms with Gasteiger partial charge >= 0.3 is 5.97 Å². The molecule has 0 saturated heterocycles. The molecule has 0 aliphatic heterocycles. The van der Waals surface area contributed by atoms with Crippen molar-refractivity contribution in [2.75, 3.05) is 25.9 Å². The summed E-state index contributed by atoms with van der Waals surface area (Å²) in [7, 11) is 3.34. The molecule has 0 fully saturated rings. The number of anilines is 3. The first-order valence-electron chi connectivity index (χ1n) is 24.3. The summed E-state index contributed by atoms with van der Waals surface area (Å²) in [6, 6.07) is 69.7. The normalized spacial score (nSPS) is 11.5. The molecule has 9 nitrogen and oxygen atoms in total. The highest BCUT2D eigenvalue weighted by Gasteiger charge is 2.15. The number of carboxylic acids is 1. The minimum Gasteiger partial charge on any atom is -0.497 e. The lowest BCUT2D eigenvalue weighted by molar-refractivity contribution is -0.132. The maximum absolute atomic E-state index is 11.3. The number of nitriles is 2. The Kier molecular flexibility index (Phi) is 16.9. The topological polar surface area (TPSA) is 136 Å². The highest BCUT2D eigenvalue weighted by Crippen LogP contribution is 2.37. The van der Waals surface area contributed by atoms with Crippen molar-refractivity contribution in [2.24, 2.45) is 0 Å². The molecule has 0 saturated carbocycles. The summed E-state index contributed by atoms with van der Waals surface area (Å²) in [5.41, 5.74) is 13.1. The molecule has 0 aliphatic rings. The van der Waals surface area contributed by atoms with Crippen LogP contribution in [-0.2, 0) is 9.53 Å². The zero-order valence-corrected chi connectivity index (χ0v) is 43.5. The predicted octanol–water partition coefficient (Wildman–Crippen LogP) is 16.4. The van der Waals surface area contributed by atoms with E-state index in [0.717, 1.165) is 98.8 Å². The van der Waals surface area contributed by atoms with Gasteiger partial charge in [0.25, 0.3) is 0 Å². The summed E-state index contributed by atoms with van der Waals surface area (Å²) >= 11 is 2.97. The van der Waals surface area contributed by atoms with Gasteiger partial charge in [0.05, 0.1) is 14.2 Å². The number of nitrogens with zero attached hydrogens (tertiary/aromatic N) is 3.